The Kier molecular flexibility index (Phi) is 6.58. The second-order valence-electron chi connectivity index (χ2n) is 4.94. The lowest BCUT2D eigenvalue weighted by Crippen LogP contribution is -2.28. The summed E-state index contributed by atoms with van der Waals surface area (Å²) in [5.41, 5.74) is 1.78. The summed E-state index contributed by atoms with van der Waals surface area (Å²) < 4.78 is 13.3. The Bertz CT molecular complexity index is 757. The third-order valence-electron chi connectivity index (χ3n) is 3.28. The van der Waals surface area contributed by atoms with Crippen molar-refractivity contribution in [2.75, 3.05) is 13.7 Å². The van der Waals surface area contributed by atoms with Crippen LogP contribution in [0, 0.1) is 0 Å². The van der Waals surface area contributed by atoms with Gasteiger partial charge in [0, 0.05) is 6.54 Å². The molecule has 1 N–H and O–H groups in total. The number of carbonyl (C=O) groups is 3. The van der Waals surface area contributed by atoms with Gasteiger partial charge in [0.15, 0.2) is 11.5 Å². The molecule has 0 saturated heterocycles. The van der Waals surface area contributed by atoms with E-state index in [-0.39, 0.29) is 13.2 Å². The molecule has 2 rings (SSSR count). The monoisotopic (exact) mass is 363 g/mol. The van der Waals surface area contributed by atoms with E-state index in [1.165, 1.54) is 7.11 Å². The number of nitrogens with one attached hydrogen (secondary N) is 1. The quantitative estimate of drug-likeness (QED) is 0.740. The van der Waals surface area contributed by atoms with Crippen LogP contribution in [0.4, 0.5) is 0 Å². The van der Waals surface area contributed by atoms with Gasteiger partial charge in [-0.05, 0) is 35.6 Å². The first-order valence-corrected chi connectivity index (χ1v) is 8.24. The fourth-order valence-electron chi connectivity index (χ4n) is 1.92. The van der Waals surface area contributed by atoms with Gasteiger partial charge in [0.1, 0.15) is 0 Å². The highest BCUT2D eigenvalue weighted by atomic mass is 32.1. The molecule has 0 fully saturated rings. The zero-order valence-corrected chi connectivity index (χ0v) is 14.6. The van der Waals surface area contributed by atoms with Crippen LogP contribution in [0.15, 0.2) is 24.3 Å². The van der Waals surface area contributed by atoms with Gasteiger partial charge in [-0.1, -0.05) is 23.5 Å². The van der Waals surface area contributed by atoms with Crippen LogP contribution < -0.4 is 5.32 Å². The van der Waals surface area contributed by atoms with Crippen LogP contribution in [0.25, 0.3) is 0 Å². The molecule has 0 atom stereocenters. The highest BCUT2D eigenvalue weighted by Crippen LogP contribution is 2.12. The van der Waals surface area contributed by atoms with Gasteiger partial charge in [0.25, 0.3) is 5.91 Å². The molecule has 1 amide bonds. The number of ether oxygens (including phenoxy) is 2. The van der Waals surface area contributed by atoms with E-state index in [0.29, 0.717) is 22.6 Å². The SMILES string of the molecule is CCc1nnsc1C(=O)OCC(=O)NCc1ccc(C(=O)OC)cc1. The summed E-state index contributed by atoms with van der Waals surface area (Å²) in [4.78, 5) is 35.3. The van der Waals surface area contributed by atoms with E-state index in [1.807, 2.05) is 6.92 Å². The number of methoxy groups -OCH3 is 1. The lowest BCUT2D eigenvalue weighted by molar-refractivity contribution is -0.124. The van der Waals surface area contributed by atoms with Crippen LogP contribution in [-0.2, 0) is 27.2 Å². The average molecular weight is 363 g/mol. The minimum absolute atomic E-state index is 0.250. The standard InChI is InChI=1S/C16H17N3O5S/c1-3-12-14(25-19-18-12)16(22)24-9-13(20)17-8-10-4-6-11(7-5-10)15(21)23-2/h4-7H,3,8-9H2,1-2H3,(H,17,20). The summed E-state index contributed by atoms with van der Waals surface area (Å²) in [6, 6.07) is 6.62. The number of nitrogens with zero attached hydrogens (tertiary/aromatic N) is 2. The molecule has 0 aliphatic heterocycles. The zero-order valence-electron chi connectivity index (χ0n) is 13.8. The molecule has 0 bridgehead atoms. The molecule has 9 heteroatoms. The summed E-state index contributed by atoms with van der Waals surface area (Å²) >= 11 is 0.944. The van der Waals surface area contributed by atoms with Gasteiger partial charge >= 0.3 is 11.9 Å². The van der Waals surface area contributed by atoms with E-state index in [0.717, 1.165) is 17.1 Å². The van der Waals surface area contributed by atoms with E-state index >= 15 is 0 Å². The molecule has 0 unspecified atom stereocenters. The number of aryl methyl sites for hydroxylation is 1. The van der Waals surface area contributed by atoms with Crippen molar-refractivity contribution in [3.63, 3.8) is 0 Å². The molecule has 1 aromatic carbocycles. The Morgan fingerprint density at radius 3 is 2.52 bits per heavy atom. The van der Waals surface area contributed by atoms with Crippen molar-refractivity contribution in [1.29, 1.82) is 0 Å². The Morgan fingerprint density at radius 1 is 1.16 bits per heavy atom. The molecular formula is C16H17N3O5S. The number of rotatable bonds is 7. The van der Waals surface area contributed by atoms with Crippen molar-refractivity contribution >= 4 is 29.4 Å². The van der Waals surface area contributed by atoms with Crippen molar-refractivity contribution in [3.05, 3.63) is 46.0 Å². The summed E-state index contributed by atoms with van der Waals surface area (Å²) in [7, 11) is 1.31. The second-order valence-corrected chi connectivity index (χ2v) is 5.70. The van der Waals surface area contributed by atoms with E-state index in [2.05, 4.69) is 19.6 Å². The maximum Gasteiger partial charge on any atom is 0.352 e. The van der Waals surface area contributed by atoms with Crippen molar-refractivity contribution < 1.29 is 23.9 Å². The summed E-state index contributed by atoms with van der Waals surface area (Å²) in [5, 5.41) is 6.45. The van der Waals surface area contributed by atoms with Crippen LogP contribution in [0.5, 0.6) is 0 Å². The van der Waals surface area contributed by atoms with Gasteiger partial charge < -0.3 is 14.8 Å². The van der Waals surface area contributed by atoms with E-state index in [1.54, 1.807) is 24.3 Å². The number of esters is 2. The number of amides is 1. The Labute approximate surface area is 148 Å². The van der Waals surface area contributed by atoms with Crippen molar-refractivity contribution in [3.8, 4) is 0 Å². The summed E-state index contributed by atoms with van der Waals surface area (Å²) in [6.45, 7) is 1.71. The molecule has 0 radical (unpaired) electrons. The summed E-state index contributed by atoms with van der Waals surface area (Å²) in [6.07, 6.45) is 0.564. The van der Waals surface area contributed by atoms with E-state index in [4.69, 9.17) is 4.74 Å². The second kappa shape index (κ2) is 8.88. The van der Waals surface area contributed by atoms with Gasteiger partial charge in [-0.25, -0.2) is 9.59 Å². The van der Waals surface area contributed by atoms with Crippen LogP contribution in [0.3, 0.4) is 0 Å². The highest BCUT2D eigenvalue weighted by Gasteiger charge is 2.17. The predicted octanol–water partition coefficient (Wildman–Crippen LogP) is 1.36. The van der Waals surface area contributed by atoms with Crippen molar-refractivity contribution in [2.45, 2.75) is 19.9 Å². The first-order chi connectivity index (χ1) is 12.0. The number of carbonyl (C=O) groups excluding carboxylic acids is 3. The van der Waals surface area contributed by atoms with E-state index in [9.17, 15) is 14.4 Å². The van der Waals surface area contributed by atoms with Gasteiger partial charge in [-0.15, -0.1) is 5.10 Å². The van der Waals surface area contributed by atoms with Crippen LogP contribution in [0.2, 0.25) is 0 Å². The van der Waals surface area contributed by atoms with Crippen molar-refractivity contribution in [1.82, 2.24) is 14.9 Å². The fourth-order valence-corrected chi connectivity index (χ4v) is 2.56. The van der Waals surface area contributed by atoms with Gasteiger partial charge in [0.05, 0.1) is 18.4 Å². The van der Waals surface area contributed by atoms with Crippen molar-refractivity contribution in [2.24, 2.45) is 0 Å². The number of hydrogen-bond acceptors (Lipinski definition) is 8. The fraction of sp³-hybridized carbons (Fsp3) is 0.312. The first-order valence-electron chi connectivity index (χ1n) is 7.47. The zero-order chi connectivity index (χ0) is 18.2. The molecule has 8 nitrogen and oxygen atoms in total. The molecule has 1 aromatic heterocycles. The topological polar surface area (TPSA) is 107 Å². The smallest absolute Gasteiger partial charge is 0.352 e. The first kappa shape index (κ1) is 18.5. The third-order valence-corrected chi connectivity index (χ3v) is 4.02. The van der Waals surface area contributed by atoms with E-state index < -0.39 is 17.8 Å². The number of hydrogen-bond donors (Lipinski definition) is 1. The maximum absolute atomic E-state index is 11.9. The predicted molar refractivity (Wildman–Crippen MR) is 89.2 cm³/mol. The summed E-state index contributed by atoms with van der Waals surface area (Å²) in [5.74, 6) is -1.46. The lowest BCUT2D eigenvalue weighted by Gasteiger charge is -2.07. The Balaban J connectivity index is 1.79. The molecule has 0 spiro atoms. The third kappa shape index (κ3) is 5.08. The van der Waals surface area contributed by atoms with Crippen LogP contribution >= 0.6 is 11.5 Å². The number of benzene rings is 1. The largest absolute Gasteiger partial charge is 0.465 e. The minimum atomic E-state index is -0.607. The van der Waals surface area contributed by atoms with Gasteiger partial charge in [-0.3, -0.25) is 4.79 Å². The Morgan fingerprint density at radius 2 is 1.88 bits per heavy atom. The van der Waals surface area contributed by atoms with Gasteiger partial charge in [-0.2, -0.15) is 0 Å². The highest BCUT2D eigenvalue weighted by molar-refractivity contribution is 7.07. The molecule has 2 aromatic rings. The molecule has 0 aliphatic rings. The average Bonchev–Trinajstić information content (AvgIpc) is 3.13. The molecule has 132 valence electrons. The molecular weight excluding hydrogens is 346 g/mol. The number of aromatic nitrogens is 2. The Hall–Kier alpha value is -2.81. The lowest BCUT2D eigenvalue weighted by atomic mass is 10.1. The van der Waals surface area contributed by atoms with Crippen LogP contribution in [0.1, 0.15) is 38.2 Å². The minimum Gasteiger partial charge on any atom is -0.465 e. The molecule has 0 saturated carbocycles. The van der Waals surface area contributed by atoms with Gasteiger partial charge in [0.2, 0.25) is 0 Å². The molecule has 0 aliphatic carbocycles. The normalized spacial score (nSPS) is 10.2. The molecule has 1 heterocycles. The van der Waals surface area contributed by atoms with Crippen LogP contribution in [-0.4, -0.2) is 41.1 Å². The maximum atomic E-state index is 11.9. The molecule has 25 heavy (non-hydrogen) atoms.